The first kappa shape index (κ1) is 10.6. The number of hydrogen-bond donors (Lipinski definition) is 3. The van der Waals surface area contributed by atoms with E-state index in [-0.39, 0.29) is 0 Å². The van der Waals surface area contributed by atoms with E-state index in [1.807, 2.05) is 5.48 Å². The predicted molar refractivity (Wildman–Crippen MR) is 48.2 cm³/mol. The lowest BCUT2D eigenvalue weighted by atomic mass is 10.1. The summed E-state index contributed by atoms with van der Waals surface area (Å²) >= 11 is 0. The molecule has 3 N–H and O–H groups in total. The van der Waals surface area contributed by atoms with Gasteiger partial charge in [0.2, 0.25) is 0 Å². The molecular formula is C9H11NO4. The largest absolute Gasteiger partial charge is 0.340 e. The Hall–Kier alpha value is -1.43. The van der Waals surface area contributed by atoms with Gasteiger partial charge in [-0.05, 0) is 24.1 Å². The summed E-state index contributed by atoms with van der Waals surface area (Å²) in [7, 11) is 0. The zero-order valence-corrected chi connectivity index (χ0v) is 7.38. The maximum absolute atomic E-state index is 10.4. The van der Waals surface area contributed by atoms with Gasteiger partial charge in [-0.2, -0.15) is 5.48 Å². The van der Waals surface area contributed by atoms with Crippen molar-refractivity contribution in [3.63, 3.8) is 0 Å². The minimum atomic E-state index is -0.615. The van der Waals surface area contributed by atoms with Crippen LogP contribution >= 0.6 is 0 Å². The van der Waals surface area contributed by atoms with E-state index in [9.17, 15) is 4.79 Å². The van der Waals surface area contributed by atoms with E-state index in [2.05, 4.69) is 4.89 Å². The number of nitrogens with one attached hydrogen (secondary N) is 1. The van der Waals surface area contributed by atoms with Crippen molar-refractivity contribution in [3.05, 3.63) is 29.8 Å². The number of hydrogen-bond acceptors (Lipinski definition) is 5. The number of carbonyl (C=O) groups is 1. The number of carbonyl (C=O) groups excluding carboxylic acids is 1. The average molecular weight is 197 g/mol. The maximum atomic E-state index is 10.4. The van der Waals surface area contributed by atoms with Crippen LogP contribution in [0.5, 0.6) is 5.75 Å². The SMILES string of the molecule is O=CC(Cc1ccc(OO)cc1)NO. The molecule has 0 amide bonds. The van der Waals surface area contributed by atoms with Crippen LogP contribution in [0.25, 0.3) is 0 Å². The van der Waals surface area contributed by atoms with Crippen molar-refractivity contribution in [1.82, 2.24) is 5.48 Å². The van der Waals surface area contributed by atoms with Crippen molar-refractivity contribution in [2.45, 2.75) is 12.5 Å². The minimum Gasteiger partial charge on any atom is -0.340 e. The fourth-order valence-electron chi connectivity index (χ4n) is 1.06. The van der Waals surface area contributed by atoms with Crippen LogP contribution in [-0.4, -0.2) is 22.8 Å². The number of benzene rings is 1. The van der Waals surface area contributed by atoms with Crippen LogP contribution in [0.3, 0.4) is 0 Å². The highest BCUT2D eigenvalue weighted by atomic mass is 17.1. The predicted octanol–water partition coefficient (Wildman–Crippen LogP) is 0.627. The number of hydroxylamine groups is 1. The molecule has 1 rings (SSSR count). The van der Waals surface area contributed by atoms with Gasteiger partial charge in [-0.1, -0.05) is 12.1 Å². The summed E-state index contributed by atoms with van der Waals surface area (Å²) in [4.78, 5) is 14.4. The first-order valence-electron chi connectivity index (χ1n) is 4.05. The molecule has 1 aromatic carbocycles. The number of aldehydes is 1. The lowest BCUT2D eigenvalue weighted by molar-refractivity contribution is -0.137. The van der Waals surface area contributed by atoms with E-state index >= 15 is 0 Å². The minimum absolute atomic E-state index is 0.327. The van der Waals surface area contributed by atoms with E-state index in [4.69, 9.17) is 10.5 Å². The van der Waals surface area contributed by atoms with Crippen molar-refractivity contribution in [2.24, 2.45) is 0 Å². The van der Waals surface area contributed by atoms with Gasteiger partial charge < -0.3 is 14.9 Å². The lowest BCUT2D eigenvalue weighted by Crippen LogP contribution is -2.29. The monoisotopic (exact) mass is 197 g/mol. The van der Waals surface area contributed by atoms with Gasteiger partial charge >= 0.3 is 0 Å². The van der Waals surface area contributed by atoms with Crippen LogP contribution in [0.1, 0.15) is 5.56 Å². The Morgan fingerprint density at radius 2 is 2.07 bits per heavy atom. The second-order valence-electron chi connectivity index (χ2n) is 2.81. The van der Waals surface area contributed by atoms with E-state index in [0.29, 0.717) is 18.5 Å². The Morgan fingerprint density at radius 3 is 2.50 bits per heavy atom. The molecule has 0 radical (unpaired) electrons. The molecular weight excluding hydrogens is 186 g/mol. The highest BCUT2D eigenvalue weighted by Gasteiger charge is 2.06. The van der Waals surface area contributed by atoms with Crippen molar-refractivity contribution in [2.75, 3.05) is 0 Å². The molecule has 0 fully saturated rings. The van der Waals surface area contributed by atoms with Gasteiger partial charge in [0.1, 0.15) is 6.29 Å². The van der Waals surface area contributed by atoms with Crippen LogP contribution in [0.2, 0.25) is 0 Å². The third-order valence-corrected chi connectivity index (χ3v) is 1.81. The molecule has 0 saturated heterocycles. The third kappa shape index (κ3) is 2.81. The Labute approximate surface area is 80.8 Å². The van der Waals surface area contributed by atoms with Crippen LogP contribution in [0, 0.1) is 0 Å². The summed E-state index contributed by atoms with van der Waals surface area (Å²) in [5.41, 5.74) is 2.73. The topological polar surface area (TPSA) is 78.8 Å². The second-order valence-corrected chi connectivity index (χ2v) is 2.81. The van der Waals surface area contributed by atoms with Crippen LogP contribution < -0.4 is 10.4 Å². The smallest absolute Gasteiger partial charge is 0.165 e. The zero-order chi connectivity index (χ0) is 10.4. The average Bonchev–Trinajstić information content (AvgIpc) is 2.26. The van der Waals surface area contributed by atoms with Crippen molar-refractivity contribution in [3.8, 4) is 5.75 Å². The van der Waals surface area contributed by atoms with Crippen molar-refractivity contribution < 1.29 is 20.1 Å². The van der Waals surface area contributed by atoms with Gasteiger partial charge in [-0.3, -0.25) is 0 Å². The molecule has 5 heteroatoms. The van der Waals surface area contributed by atoms with Crippen LogP contribution in [0.4, 0.5) is 0 Å². The molecule has 0 bridgehead atoms. The summed E-state index contributed by atoms with van der Waals surface area (Å²) in [5, 5.41) is 16.8. The standard InChI is InChI=1S/C9H11NO4/c11-6-8(10-12)5-7-1-3-9(14-13)4-2-7/h1-4,6,8,10,12-13H,5H2. The molecule has 1 atom stereocenters. The molecule has 0 aliphatic rings. The molecule has 1 aromatic rings. The van der Waals surface area contributed by atoms with Gasteiger partial charge in [0, 0.05) is 0 Å². The Balaban J connectivity index is 2.63. The summed E-state index contributed by atoms with van der Waals surface area (Å²) < 4.78 is 0. The molecule has 1 unspecified atom stereocenters. The molecule has 76 valence electrons. The van der Waals surface area contributed by atoms with E-state index in [1.165, 1.54) is 0 Å². The Kier molecular flexibility index (Phi) is 4.06. The highest BCUT2D eigenvalue weighted by molar-refractivity contribution is 5.58. The number of rotatable bonds is 5. The normalized spacial score (nSPS) is 12.1. The summed E-state index contributed by atoms with van der Waals surface area (Å²) in [5.74, 6) is 0.327. The second kappa shape index (κ2) is 5.33. The van der Waals surface area contributed by atoms with Crippen LogP contribution in [-0.2, 0) is 11.2 Å². The lowest BCUT2D eigenvalue weighted by Gasteiger charge is -2.07. The Morgan fingerprint density at radius 1 is 1.43 bits per heavy atom. The van der Waals surface area contributed by atoms with Gasteiger partial charge in [-0.25, -0.2) is 5.26 Å². The molecule has 0 saturated carbocycles. The van der Waals surface area contributed by atoms with E-state index < -0.39 is 6.04 Å². The summed E-state index contributed by atoms with van der Waals surface area (Å²) in [6, 6.07) is 5.90. The first-order chi connectivity index (χ1) is 6.80. The molecule has 0 aliphatic carbocycles. The summed E-state index contributed by atoms with van der Waals surface area (Å²) in [6.45, 7) is 0. The fraction of sp³-hybridized carbons (Fsp3) is 0.222. The fourth-order valence-corrected chi connectivity index (χ4v) is 1.06. The quantitative estimate of drug-likeness (QED) is 0.366. The van der Waals surface area contributed by atoms with Gasteiger partial charge in [0.15, 0.2) is 5.75 Å². The van der Waals surface area contributed by atoms with Gasteiger partial charge in [0.05, 0.1) is 6.04 Å². The third-order valence-electron chi connectivity index (χ3n) is 1.81. The molecule has 5 nitrogen and oxygen atoms in total. The van der Waals surface area contributed by atoms with Crippen molar-refractivity contribution in [1.29, 1.82) is 0 Å². The molecule has 0 aliphatic heterocycles. The van der Waals surface area contributed by atoms with Crippen molar-refractivity contribution >= 4 is 6.29 Å². The molecule has 0 heterocycles. The van der Waals surface area contributed by atoms with E-state index in [0.717, 1.165) is 5.56 Å². The van der Waals surface area contributed by atoms with Gasteiger partial charge in [-0.15, -0.1) is 0 Å². The maximum Gasteiger partial charge on any atom is 0.165 e. The molecule has 0 spiro atoms. The van der Waals surface area contributed by atoms with E-state index in [1.54, 1.807) is 24.3 Å². The van der Waals surface area contributed by atoms with Gasteiger partial charge in [0.25, 0.3) is 0 Å². The summed E-state index contributed by atoms with van der Waals surface area (Å²) in [6.07, 6.45) is 1.00. The zero-order valence-electron chi connectivity index (χ0n) is 7.38. The van der Waals surface area contributed by atoms with Crippen LogP contribution in [0.15, 0.2) is 24.3 Å². The molecule has 14 heavy (non-hydrogen) atoms. The first-order valence-corrected chi connectivity index (χ1v) is 4.05. The molecule has 0 aromatic heterocycles. The Bertz CT molecular complexity index is 285. The highest BCUT2D eigenvalue weighted by Crippen LogP contribution is 2.12.